The Kier molecular flexibility index (Phi) is 4.42. The molecule has 23 heavy (non-hydrogen) atoms. The maximum atomic E-state index is 13.5. The third-order valence-corrected chi connectivity index (χ3v) is 4.07. The molecule has 0 amide bonds. The molecule has 0 aromatic heterocycles. The second kappa shape index (κ2) is 6.65. The minimum atomic E-state index is -0.793. The molecule has 2 aromatic rings. The quantitative estimate of drug-likeness (QED) is 0.682. The van der Waals surface area contributed by atoms with E-state index in [1.807, 2.05) is 18.2 Å². The first kappa shape index (κ1) is 15.3. The highest BCUT2D eigenvalue weighted by molar-refractivity contribution is 5.82. The van der Waals surface area contributed by atoms with Crippen molar-refractivity contribution in [1.82, 2.24) is 0 Å². The van der Waals surface area contributed by atoms with E-state index in [1.54, 1.807) is 6.08 Å². The molecule has 0 bridgehead atoms. The molecule has 1 fully saturated rings. The van der Waals surface area contributed by atoms with Crippen LogP contribution in [0.3, 0.4) is 0 Å². The zero-order valence-electron chi connectivity index (χ0n) is 12.7. The van der Waals surface area contributed by atoms with E-state index >= 15 is 0 Å². The molecule has 0 radical (unpaired) electrons. The standard InChI is InChI=1S/C19H18FNO2/c20-18-12-15(11-16(13-22)19(18)23)4-3-14-5-7-17(8-6-14)21-9-1-2-10-21/h3-8,11-13,23H,1-2,9-10H2. The highest BCUT2D eigenvalue weighted by Gasteiger charge is 2.11. The van der Waals surface area contributed by atoms with Gasteiger partial charge in [-0.15, -0.1) is 0 Å². The molecule has 2 aromatic carbocycles. The lowest BCUT2D eigenvalue weighted by Gasteiger charge is -2.17. The molecule has 1 N–H and O–H groups in total. The average molecular weight is 311 g/mol. The lowest BCUT2D eigenvalue weighted by atomic mass is 10.1. The minimum absolute atomic E-state index is 0.0472. The van der Waals surface area contributed by atoms with Crippen LogP contribution in [0, 0.1) is 5.82 Å². The van der Waals surface area contributed by atoms with Gasteiger partial charge in [0.2, 0.25) is 0 Å². The predicted octanol–water partition coefficient (Wildman–Crippen LogP) is 4.11. The maximum absolute atomic E-state index is 13.5. The number of carbonyl (C=O) groups excluding carboxylic acids is 1. The first-order valence-electron chi connectivity index (χ1n) is 7.68. The van der Waals surface area contributed by atoms with Crippen molar-refractivity contribution in [3.05, 3.63) is 58.9 Å². The van der Waals surface area contributed by atoms with E-state index in [1.165, 1.54) is 30.7 Å². The van der Waals surface area contributed by atoms with Crippen LogP contribution in [0.15, 0.2) is 36.4 Å². The Balaban J connectivity index is 1.77. The van der Waals surface area contributed by atoms with Crippen LogP contribution >= 0.6 is 0 Å². The van der Waals surface area contributed by atoms with Gasteiger partial charge in [0.1, 0.15) is 0 Å². The SMILES string of the molecule is O=Cc1cc(C=Cc2ccc(N3CCCC3)cc2)cc(F)c1O. The van der Waals surface area contributed by atoms with Crippen LogP contribution in [0.4, 0.5) is 10.1 Å². The summed E-state index contributed by atoms with van der Waals surface area (Å²) in [5.41, 5.74) is 2.70. The van der Waals surface area contributed by atoms with E-state index in [4.69, 9.17) is 0 Å². The summed E-state index contributed by atoms with van der Waals surface area (Å²) in [6.07, 6.45) is 6.51. The van der Waals surface area contributed by atoms with E-state index in [0.717, 1.165) is 18.7 Å². The number of rotatable bonds is 4. The number of aldehydes is 1. The molecule has 0 atom stereocenters. The summed E-state index contributed by atoms with van der Waals surface area (Å²) < 4.78 is 13.5. The molecule has 3 nitrogen and oxygen atoms in total. The molecule has 118 valence electrons. The Morgan fingerprint density at radius 2 is 1.65 bits per heavy atom. The fraction of sp³-hybridized carbons (Fsp3) is 0.211. The van der Waals surface area contributed by atoms with Gasteiger partial charge in [-0.05, 0) is 48.2 Å². The first-order chi connectivity index (χ1) is 11.2. The summed E-state index contributed by atoms with van der Waals surface area (Å²) >= 11 is 0. The third-order valence-electron chi connectivity index (χ3n) is 4.07. The lowest BCUT2D eigenvalue weighted by Crippen LogP contribution is -2.17. The van der Waals surface area contributed by atoms with Crippen LogP contribution in [0.2, 0.25) is 0 Å². The van der Waals surface area contributed by atoms with Crippen molar-refractivity contribution in [2.75, 3.05) is 18.0 Å². The van der Waals surface area contributed by atoms with Crippen LogP contribution in [0.1, 0.15) is 34.3 Å². The molecule has 0 aliphatic carbocycles. The number of nitrogens with zero attached hydrogens (tertiary/aromatic N) is 1. The van der Waals surface area contributed by atoms with Gasteiger partial charge in [0.15, 0.2) is 17.9 Å². The normalized spacial score (nSPS) is 14.6. The molecule has 1 aliphatic rings. The summed E-state index contributed by atoms with van der Waals surface area (Å²) in [4.78, 5) is 13.2. The summed E-state index contributed by atoms with van der Waals surface area (Å²) in [7, 11) is 0. The fourth-order valence-corrected chi connectivity index (χ4v) is 2.79. The van der Waals surface area contributed by atoms with Crippen LogP contribution in [-0.4, -0.2) is 24.5 Å². The Hall–Kier alpha value is -2.62. The van der Waals surface area contributed by atoms with Crippen LogP contribution < -0.4 is 4.90 Å². The predicted molar refractivity (Wildman–Crippen MR) is 90.3 cm³/mol. The second-order valence-electron chi connectivity index (χ2n) is 5.68. The van der Waals surface area contributed by atoms with Crippen LogP contribution in [0.5, 0.6) is 5.75 Å². The number of aromatic hydroxyl groups is 1. The van der Waals surface area contributed by atoms with Gasteiger partial charge in [-0.25, -0.2) is 4.39 Å². The topological polar surface area (TPSA) is 40.5 Å². The number of hydrogen-bond donors (Lipinski definition) is 1. The first-order valence-corrected chi connectivity index (χ1v) is 7.68. The summed E-state index contributed by atoms with van der Waals surface area (Å²) in [6, 6.07) is 10.9. The summed E-state index contributed by atoms with van der Waals surface area (Å²) in [5.74, 6) is -1.40. The van der Waals surface area contributed by atoms with E-state index < -0.39 is 11.6 Å². The summed E-state index contributed by atoms with van der Waals surface area (Å²) in [5, 5.41) is 9.41. The van der Waals surface area contributed by atoms with E-state index in [9.17, 15) is 14.3 Å². The fourth-order valence-electron chi connectivity index (χ4n) is 2.79. The molecule has 3 rings (SSSR count). The molecule has 1 heterocycles. The van der Waals surface area contributed by atoms with Gasteiger partial charge in [-0.2, -0.15) is 0 Å². The monoisotopic (exact) mass is 311 g/mol. The zero-order chi connectivity index (χ0) is 16.2. The molecule has 0 unspecified atom stereocenters. The van der Waals surface area contributed by atoms with Crippen molar-refractivity contribution in [1.29, 1.82) is 0 Å². The van der Waals surface area contributed by atoms with Crippen molar-refractivity contribution >= 4 is 24.1 Å². The van der Waals surface area contributed by atoms with Crippen LogP contribution in [0.25, 0.3) is 12.2 Å². The van der Waals surface area contributed by atoms with Gasteiger partial charge in [0, 0.05) is 18.8 Å². The molecule has 4 heteroatoms. The van der Waals surface area contributed by atoms with Gasteiger partial charge in [0.25, 0.3) is 0 Å². The maximum Gasteiger partial charge on any atom is 0.166 e. The number of halogens is 1. The molecular weight excluding hydrogens is 293 g/mol. The van der Waals surface area contributed by atoms with Crippen molar-refractivity contribution in [2.45, 2.75) is 12.8 Å². The van der Waals surface area contributed by atoms with Gasteiger partial charge in [0.05, 0.1) is 5.56 Å². The number of phenols is 1. The van der Waals surface area contributed by atoms with E-state index in [2.05, 4.69) is 17.0 Å². The molecule has 0 saturated carbocycles. The second-order valence-corrected chi connectivity index (χ2v) is 5.68. The van der Waals surface area contributed by atoms with Crippen LogP contribution in [-0.2, 0) is 0 Å². The lowest BCUT2D eigenvalue weighted by molar-refractivity contribution is 0.112. The Morgan fingerprint density at radius 3 is 2.30 bits per heavy atom. The zero-order valence-corrected chi connectivity index (χ0v) is 12.7. The largest absolute Gasteiger partial charge is 0.504 e. The number of carbonyl (C=O) groups is 1. The Bertz CT molecular complexity index is 732. The van der Waals surface area contributed by atoms with Crippen molar-refractivity contribution in [3.8, 4) is 5.75 Å². The molecule has 1 aliphatic heterocycles. The smallest absolute Gasteiger partial charge is 0.166 e. The van der Waals surface area contributed by atoms with E-state index in [0.29, 0.717) is 11.8 Å². The van der Waals surface area contributed by atoms with Gasteiger partial charge in [-0.3, -0.25) is 4.79 Å². The van der Waals surface area contributed by atoms with Gasteiger partial charge < -0.3 is 10.0 Å². The highest BCUT2D eigenvalue weighted by Crippen LogP contribution is 2.24. The van der Waals surface area contributed by atoms with Crippen molar-refractivity contribution in [2.24, 2.45) is 0 Å². The Morgan fingerprint density at radius 1 is 1.00 bits per heavy atom. The van der Waals surface area contributed by atoms with Gasteiger partial charge >= 0.3 is 0 Å². The molecule has 0 spiro atoms. The molecular formula is C19H18FNO2. The van der Waals surface area contributed by atoms with E-state index in [-0.39, 0.29) is 5.56 Å². The van der Waals surface area contributed by atoms with Crippen molar-refractivity contribution < 1.29 is 14.3 Å². The highest BCUT2D eigenvalue weighted by atomic mass is 19.1. The average Bonchev–Trinajstić information content (AvgIpc) is 3.11. The molecule has 1 saturated heterocycles. The number of hydrogen-bond acceptors (Lipinski definition) is 3. The number of phenolic OH excluding ortho intramolecular Hbond substituents is 1. The minimum Gasteiger partial charge on any atom is -0.504 e. The summed E-state index contributed by atoms with van der Waals surface area (Å²) in [6.45, 7) is 2.22. The Labute approximate surface area is 134 Å². The number of anilines is 1. The number of benzene rings is 2. The van der Waals surface area contributed by atoms with Crippen molar-refractivity contribution in [3.63, 3.8) is 0 Å². The third kappa shape index (κ3) is 3.42. The van der Waals surface area contributed by atoms with Gasteiger partial charge in [-0.1, -0.05) is 24.3 Å².